The molecule has 2 rings (SSSR count). The molecule has 2 heterocycles. The molecule has 1 aromatic heterocycles. The number of nitrogens with zero attached hydrogens (tertiary/aromatic N) is 2. The number of methoxy groups -OCH3 is 1. The van der Waals surface area contributed by atoms with Crippen LogP contribution < -0.4 is 4.90 Å². The smallest absolute Gasteiger partial charge is 0.311 e. The molecular weight excluding hydrogens is 244 g/mol. The Morgan fingerprint density at radius 2 is 2.47 bits per heavy atom. The molecule has 1 saturated heterocycles. The zero-order valence-electron chi connectivity index (χ0n) is 9.08. The molecule has 1 atom stereocenters. The Morgan fingerprint density at radius 3 is 3.06 bits per heavy atom. The van der Waals surface area contributed by atoms with Crippen molar-refractivity contribution in [2.45, 2.75) is 6.42 Å². The number of aromatic nitrogens is 1. The van der Waals surface area contributed by atoms with E-state index in [1.807, 2.05) is 0 Å². The van der Waals surface area contributed by atoms with E-state index >= 15 is 0 Å². The average molecular weight is 254 g/mol. The van der Waals surface area contributed by atoms with E-state index in [4.69, 9.17) is 0 Å². The highest BCUT2D eigenvalue weighted by molar-refractivity contribution is 7.17. The van der Waals surface area contributed by atoms with Gasteiger partial charge in [-0.15, -0.1) is 0 Å². The maximum Gasteiger partial charge on any atom is 0.311 e. The van der Waals surface area contributed by atoms with Gasteiger partial charge < -0.3 is 4.74 Å². The molecule has 7 heteroatoms. The third-order valence-electron chi connectivity index (χ3n) is 2.52. The van der Waals surface area contributed by atoms with Crippen LogP contribution in [0.5, 0.6) is 0 Å². The fourth-order valence-corrected chi connectivity index (χ4v) is 2.43. The summed E-state index contributed by atoms with van der Waals surface area (Å²) < 4.78 is 4.60. The number of carbonyl (C=O) groups excluding carboxylic acids is 3. The van der Waals surface area contributed by atoms with Crippen LogP contribution in [-0.4, -0.2) is 36.8 Å². The predicted octanol–water partition coefficient (Wildman–Crippen LogP) is 0.481. The number of esters is 1. The first-order chi connectivity index (χ1) is 8.15. The fraction of sp³-hybridized carbons (Fsp3) is 0.400. The zero-order chi connectivity index (χ0) is 12.4. The monoisotopic (exact) mass is 254 g/mol. The lowest BCUT2D eigenvalue weighted by atomic mass is 10.1. The van der Waals surface area contributed by atoms with Crippen molar-refractivity contribution < 1.29 is 19.1 Å². The molecule has 0 saturated carbocycles. The van der Waals surface area contributed by atoms with Crippen molar-refractivity contribution in [1.82, 2.24) is 4.98 Å². The fourth-order valence-electron chi connectivity index (χ4n) is 1.67. The summed E-state index contributed by atoms with van der Waals surface area (Å²) in [5.74, 6) is -1.02. The van der Waals surface area contributed by atoms with E-state index in [-0.39, 0.29) is 18.9 Å². The summed E-state index contributed by atoms with van der Waals surface area (Å²) in [4.78, 5) is 39.4. The van der Waals surface area contributed by atoms with Gasteiger partial charge in [-0.05, 0) is 0 Å². The van der Waals surface area contributed by atoms with E-state index in [1.54, 1.807) is 0 Å². The first kappa shape index (κ1) is 11.7. The summed E-state index contributed by atoms with van der Waals surface area (Å²) in [5.41, 5.74) is 0. The molecule has 0 N–H and O–H groups in total. The first-order valence-corrected chi connectivity index (χ1v) is 5.76. The van der Waals surface area contributed by atoms with Crippen LogP contribution in [0.1, 0.15) is 16.1 Å². The largest absolute Gasteiger partial charge is 0.469 e. The molecule has 0 radical (unpaired) electrons. The number of hydrogen-bond donors (Lipinski definition) is 0. The molecule has 0 aromatic carbocycles. The van der Waals surface area contributed by atoms with Crippen LogP contribution in [0.4, 0.5) is 5.13 Å². The summed E-state index contributed by atoms with van der Waals surface area (Å²) in [6.07, 6.45) is 2.22. The topological polar surface area (TPSA) is 76.6 Å². The van der Waals surface area contributed by atoms with Gasteiger partial charge in [-0.3, -0.25) is 19.3 Å². The van der Waals surface area contributed by atoms with Crippen LogP contribution in [0.3, 0.4) is 0 Å². The highest BCUT2D eigenvalue weighted by Crippen LogP contribution is 2.28. The number of hydrogen-bond acceptors (Lipinski definition) is 6. The summed E-state index contributed by atoms with van der Waals surface area (Å²) in [6.45, 7) is 0.261. The summed E-state index contributed by atoms with van der Waals surface area (Å²) in [5, 5.41) is 0.448. The van der Waals surface area contributed by atoms with E-state index in [0.717, 1.165) is 11.3 Å². The highest BCUT2D eigenvalue weighted by Gasteiger charge is 2.37. The summed E-state index contributed by atoms with van der Waals surface area (Å²) in [6, 6.07) is 0. The second-order valence-electron chi connectivity index (χ2n) is 3.59. The van der Waals surface area contributed by atoms with Gasteiger partial charge in [-0.25, -0.2) is 4.98 Å². The van der Waals surface area contributed by atoms with E-state index in [9.17, 15) is 14.4 Å². The molecule has 0 bridgehead atoms. The Balaban J connectivity index is 2.15. The average Bonchev–Trinajstić information content (AvgIpc) is 2.93. The van der Waals surface area contributed by atoms with Crippen molar-refractivity contribution in [2.24, 2.45) is 5.92 Å². The van der Waals surface area contributed by atoms with Gasteiger partial charge in [0.2, 0.25) is 5.91 Å². The van der Waals surface area contributed by atoms with Gasteiger partial charge in [0.1, 0.15) is 0 Å². The van der Waals surface area contributed by atoms with Crippen LogP contribution in [0.2, 0.25) is 0 Å². The quantitative estimate of drug-likeness (QED) is 0.579. The van der Waals surface area contributed by atoms with E-state index in [0.29, 0.717) is 16.3 Å². The highest BCUT2D eigenvalue weighted by atomic mass is 32.1. The molecule has 6 nitrogen and oxygen atoms in total. The Hall–Kier alpha value is -1.76. The number of amides is 1. The lowest BCUT2D eigenvalue weighted by Crippen LogP contribution is -2.25. The van der Waals surface area contributed by atoms with E-state index in [1.165, 1.54) is 18.2 Å². The third-order valence-corrected chi connectivity index (χ3v) is 3.46. The maximum absolute atomic E-state index is 11.7. The number of carbonyl (C=O) groups is 3. The SMILES string of the molecule is COC(=O)C1CC(=O)N(c2ncc(C=O)s2)C1. The standard InChI is InChI=1S/C10H10N2O4S/c1-16-9(15)6-2-8(14)12(4-6)10-11-3-7(5-13)17-10/h3,5-6H,2,4H2,1H3. The molecular formula is C10H10N2O4S. The lowest BCUT2D eigenvalue weighted by molar-refractivity contribution is -0.145. The summed E-state index contributed by atoms with van der Waals surface area (Å²) >= 11 is 1.13. The minimum Gasteiger partial charge on any atom is -0.469 e. The van der Waals surface area contributed by atoms with Gasteiger partial charge in [-0.2, -0.15) is 0 Å². The van der Waals surface area contributed by atoms with Gasteiger partial charge in [0.25, 0.3) is 0 Å². The zero-order valence-corrected chi connectivity index (χ0v) is 9.90. The molecule has 1 fully saturated rings. The Morgan fingerprint density at radius 1 is 1.71 bits per heavy atom. The molecule has 0 spiro atoms. The number of rotatable bonds is 3. The molecule has 0 aliphatic carbocycles. The lowest BCUT2D eigenvalue weighted by Gasteiger charge is -2.11. The molecule has 90 valence electrons. The molecule has 1 amide bonds. The Kier molecular flexibility index (Phi) is 3.19. The van der Waals surface area contributed by atoms with Gasteiger partial charge in [0, 0.05) is 13.0 Å². The van der Waals surface area contributed by atoms with Crippen LogP contribution in [0.25, 0.3) is 0 Å². The molecule has 1 aromatic rings. The number of aldehydes is 1. The second-order valence-corrected chi connectivity index (χ2v) is 4.63. The summed E-state index contributed by atoms with van der Waals surface area (Å²) in [7, 11) is 1.29. The van der Waals surface area contributed by atoms with Gasteiger partial charge in [0.05, 0.1) is 24.1 Å². The predicted molar refractivity (Wildman–Crippen MR) is 60.0 cm³/mol. The van der Waals surface area contributed by atoms with Crippen molar-refractivity contribution in [3.05, 3.63) is 11.1 Å². The van der Waals surface area contributed by atoms with Crippen molar-refractivity contribution >= 4 is 34.6 Å². The first-order valence-electron chi connectivity index (χ1n) is 4.95. The maximum atomic E-state index is 11.7. The Labute approximate surface area is 101 Å². The molecule has 1 aliphatic heterocycles. The van der Waals surface area contributed by atoms with Crippen LogP contribution in [-0.2, 0) is 14.3 Å². The van der Waals surface area contributed by atoms with Gasteiger partial charge in [-0.1, -0.05) is 11.3 Å². The minimum atomic E-state index is -0.448. The molecule has 1 unspecified atom stereocenters. The van der Waals surface area contributed by atoms with Crippen molar-refractivity contribution in [1.29, 1.82) is 0 Å². The van der Waals surface area contributed by atoms with Crippen molar-refractivity contribution in [3.8, 4) is 0 Å². The number of thiazole rings is 1. The van der Waals surface area contributed by atoms with Crippen molar-refractivity contribution in [2.75, 3.05) is 18.6 Å². The minimum absolute atomic E-state index is 0.128. The number of ether oxygens (including phenoxy) is 1. The third kappa shape index (κ3) is 2.19. The normalized spacial score (nSPS) is 19.5. The number of anilines is 1. The van der Waals surface area contributed by atoms with E-state index in [2.05, 4.69) is 9.72 Å². The van der Waals surface area contributed by atoms with Gasteiger partial charge >= 0.3 is 5.97 Å². The van der Waals surface area contributed by atoms with Crippen LogP contribution >= 0.6 is 11.3 Å². The van der Waals surface area contributed by atoms with E-state index < -0.39 is 11.9 Å². The molecule has 17 heavy (non-hydrogen) atoms. The van der Waals surface area contributed by atoms with Crippen molar-refractivity contribution in [3.63, 3.8) is 0 Å². The van der Waals surface area contributed by atoms with Crippen LogP contribution in [0.15, 0.2) is 6.20 Å². The second kappa shape index (κ2) is 4.62. The Bertz CT molecular complexity index is 471. The molecule has 1 aliphatic rings. The van der Waals surface area contributed by atoms with Gasteiger partial charge in [0.15, 0.2) is 11.4 Å². The van der Waals surface area contributed by atoms with Crippen LogP contribution in [0, 0.1) is 5.92 Å².